The molecule has 0 atom stereocenters. The molecule has 3 aromatic rings. The number of hydrogen-bond donors (Lipinski definition) is 4. The van der Waals surface area contributed by atoms with Crippen LogP contribution in [0.2, 0.25) is 0 Å². The van der Waals surface area contributed by atoms with E-state index in [4.69, 9.17) is 26.0 Å². The van der Waals surface area contributed by atoms with Gasteiger partial charge in [-0.25, -0.2) is 15.6 Å². The van der Waals surface area contributed by atoms with Crippen LogP contribution in [0.3, 0.4) is 0 Å². The summed E-state index contributed by atoms with van der Waals surface area (Å²) >= 11 is 0. The number of aromatic nitrogens is 2. The summed E-state index contributed by atoms with van der Waals surface area (Å²) in [6.07, 6.45) is 0.631. The number of nitrogens with zero attached hydrogens (tertiary/aromatic N) is 4. The molecule has 0 spiro atoms. The minimum Gasteiger partial charge on any atom is -0.493 e. The predicted molar refractivity (Wildman–Crippen MR) is 160 cm³/mol. The summed E-state index contributed by atoms with van der Waals surface area (Å²) in [5.41, 5.74) is 11.7. The van der Waals surface area contributed by atoms with Gasteiger partial charge in [0.2, 0.25) is 5.88 Å². The summed E-state index contributed by atoms with van der Waals surface area (Å²) < 4.78 is 14.7. The number of nitrogens with one attached hydrogen (secondary N) is 1. The van der Waals surface area contributed by atoms with Crippen molar-refractivity contribution in [3.8, 4) is 22.8 Å². The van der Waals surface area contributed by atoms with Crippen LogP contribution in [0, 0.1) is 20.8 Å². The van der Waals surface area contributed by atoms with Crippen LogP contribution in [-0.4, -0.2) is 52.5 Å². The maximum atomic E-state index is 14.0. The Kier molecular flexibility index (Phi) is 8.96. The SMILES string of the molecule is CCOc1cc2c(cc1OC)-c1cc(=Nc3c(C)cc(C)cc3C)n(CCNC(O)=C(C(N)=O)N(C)N)c(=O)n1CC2. The fourth-order valence-electron chi connectivity index (χ4n) is 5.37. The molecule has 224 valence electrons. The first-order valence-corrected chi connectivity index (χ1v) is 13.7. The highest BCUT2D eigenvalue weighted by molar-refractivity contribution is 5.91. The van der Waals surface area contributed by atoms with Gasteiger partial charge in [0.05, 0.1) is 25.1 Å². The molecule has 1 aliphatic rings. The fourth-order valence-corrected chi connectivity index (χ4v) is 5.37. The van der Waals surface area contributed by atoms with Gasteiger partial charge in [0.15, 0.2) is 17.2 Å². The molecule has 0 aliphatic carbocycles. The van der Waals surface area contributed by atoms with Crippen molar-refractivity contribution in [3.63, 3.8) is 0 Å². The van der Waals surface area contributed by atoms with Gasteiger partial charge in [-0.05, 0) is 62.9 Å². The lowest BCUT2D eigenvalue weighted by molar-refractivity contribution is -0.116. The second-order valence-corrected chi connectivity index (χ2v) is 10.3. The molecule has 42 heavy (non-hydrogen) atoms. The average molecular weight is 578 g/mol. The number of rotatable bonds is 10. The summed E-state index contributed by atoms with van der Waals surface area (Å²) in [5.74, 6) is 5.50. The zero-order valence-electron chi connectivity index (χ0n) is 24.9. The third-order valence-corrected chi connectivity index (χ3v) is 7.16. The Balaban J connectivity index is 1.89. The standard InChI is InChI=1S/C30H39N7O5/c1-7-42-24-14-20-8-10-36-22(21(20)15-23(24)41-6)16-25(34-26-18(3)12-17(2)13-19(26)4)37(30(36)40)11-9-33-29(39)27(28(31)38)35(5)32/h12-16,33,39H,7-11,32H2,1-6H3,(H2,31,38). The van der Waals surface area contributed by atoms with E-state index in [1.807, 2.05) is 45.9 Å². The van der Waals surface area contributed by atoms with Crippen LogP contribution in [0.25, 0.3) is 11.3 Å². The Bertz CT molecular complexity index is 1660. The summed E-state index contributed by atoms with van der Waals surface area (Å²) in [5, 5.41) is 14.1. The van der Waals surface area contributed by atoms with E-state index < -0.39 is 11.8 Å². The largest absolute Gasteiger partial charge is 0.493 e. The molecule has 12 nitrogen and oxygen atoms in total. The topological polar surface area (TPSA) is 162 Å². The molecule has 6 N–H and O–H groups in total. The van der Waals surface area contributed by atoms with Gasteiger partial charge < -0.3 is 30.6 Å². The fraction of sp³-hybridized carbons (Fsp3) is 0.367. The number of methoxy groups -OCH3 is 1. The minimum atomic E-state index is -0.894. The lowest BCUT2D eigenvalue weighted by atomic mass is 9.97. The van der Waals surface area contributed by atoms with Crippen molar-refractivity contribution in [1.82, 2.24) is 19.5 Å². The molecule has 1 aromatic heterocycles. The lowest BCUT2D eigenvalue weighted by Gasteiger charge is -2.25. The Morgan fingerprint density at radius 2 is 1.83 bits per heavy atom. The Morgan fingerprint density at radius 3 is 2.43 bits per heavy atom. The third-order valence-electron chi connectivity index (χ3n) is 7.16. The minimum absolute atomic E-state index is 0.0895. The van der Waals surface area contributed by atoms with Crippen LogP contribution in [0.15, 0.2) is 51.7 Å². The highest BCUT2D eigenvalue weighted by Gasteiger charge is 2.23. The maximum Gasteiger partial charge on any atom is 0.330 e. The normalized spacial score (nSPS) is 13.2. The number of hydrogen-bond acceptors (Lipinski definition) is 9. The first-order valence-electron chi connectivity index (χ1n) is 13.7. The van der Waals surface area contributed by atoms with Crippen LogP contribution in [0.5, 0.6) is 11.5 Å². The van der Waals surface area contributed by atoms with Gasteiger partial charge in [-0.1, -0.05) is 17.7 Å². The van der Waals surface area contributed by atoms with E-state index >= 15 is 0 Å². The van der Waals surface area contributed by atoms with Gasteiger partial charge in [0.1, 0.15) is 5.49 Å². The van der Waals surface area contributed by atoms with Crippen LogP contribution < -0.4 is 37.5 Å². The molecule has 0 saturated carbocycles. The molecule has 1 amide bonds. The van der Waals surface area contributed by atoms with Gasteiger partial charge in [-0.15, -0.1) is 0 Å². The molecular weight excluding hydrogens is 538 g/mol. The number of aryl methyl sites for hydroxylation is 4. The molecule has 0 radical (unpaired) electrons. The number of fused-ring (bicyclic) bond motifs is 3. The van der Waals surface area contributed by atoms with Crippen molar-refractivity contribution in [1.29, 1.82) is 0 Å². The van der Waals surface area contributed by atoms with Crippen LogP contribution in [0.4, 0.5) is 5.69 Å². The summed E-state index contributed by atoms with van der Waals surface area (Å²) in [7, 11) is 2.97. The first kappa shape index (κ1) is 30.3. The van der Waals surface area contributed by atoms with E-state index in [-0.39, 0.29) is 24.5 Å². The number of ether oxygens (including phenoxy) is 2. The number of amides is 1. The van der Waals surface area contributed by atoms with E-state index in [0.29, 0.717) is 36.6 Å². The second-order valence-electron chi connectivity index (χ2n) is 10.3. The number of carbonyl (C=O) groups excluding carboxylic acids is 1. The smallest absolute Gasteiger partial charge is 0.330 e. The van der Waals surface area contributed by atoms with Crippen LogP contribution in [0.1, 0.15) is 29.2 Å². The zero-order valence-corrected chi connectivity index (χ0v) is 24.9. The van der Waals surface area contributed by atoms with Gasteiger partial charge in [0, 0.05) is 38.3 Å². The monoisotopic (exact) mass is 577 g/mol. The van der Waals surface area contributed by atoms with Crippen LogP contribution >= 0.6 is 0 Å². The van der Waals surface area contributed by atoms with E-state index in [2.05, 4.69) is 17.4 Å². The predicted octanol–water partition coefficient (Wildman–Crippen LogP) is 2.05. The highest BCUT2D eigenvalue weighted by atomic mass is 16.5. The van der Waals surface area contributed by atoms with E-state index in [9.17, 15) is 14.7 Å². The van der Waals surface area contributed by atoms with E-state index in [1.165, 1.54) is 7.05 Å². The summed E-state index contributed by atoms with van der Waals surface area (Å²) in [6, 6.07) is 9.88. The highest BCUT2D eigenvalue weighted by Crippen LogP contribution is 2.37. The molecule has 12 heteroatoms. The molecule has 1 aliphatic heterocycles. The molecule has 0 unspecified atom stereocenters. The van der Waals surface area contributed by atoms with Crippen molar-refractivity contribution in [2.75, 3.05) is 27.3 Å². The van der Waals surface area contributed by atoms with Gasteiger partial charge >= 0.3 is 5.69 Å². The average Bonchev–Trinajstić information content (AvgIpc) is 2.91. The number of benzene rings is 2. The van der Waals surface area contributed by atoms with Crippen molar-refractivity contribution in [3.05, 3.63) is 80.1 Å². The molecule has 2 heterocycles. The van der Waals surface area contributed by atoms with Gasteiger partial charge in [-0.2, -0.15) is 0 Å². The summed E-state index contributed by atoms with van der Waals surface area (Å²) in [4.78, 5) is 30.7. The first-order chi connectivity index (χ1) is 20.0. The van der Waals surface area contributed by atoms with Gasteiger partial charge in [0.25, 0.3) is 5.91 Å². The number of likely N-dealkylation sites (N-methyl/N-ethyl adjacent to an activating group) is 1. The van der Waals surface area contributed by atoms with Crippen molar-refractivity contribution < 1.29 is 19.4 Å². The van der Waals surface area contributed by atoms with Crippen molar-refractivity contribution in [2.24, 2.45) is 16.6 Å². The molecule has 0 saturated heterocycles. The van der Waals surface area contributed by atoms with Gasteiger partial charge in [-0.3, -0.25) is 13.9 Å². The molecule has 4 rings (SSSR count). The lowest BCUT2D eigenvalue weighted by Crippen LogP contribution is -2.44. The van der Waals surface area contributed by atoms with Crippen molar-refractivity contribution in [2.45, 2.75) is 47.2 Å². The number of aliphatic hydroxyl groups is 1. The quantitative estimate of drug-likeness (QED) is 0.123. The Labute approximate surface area is 244 Å². The van der Waals surface area contributed by atoms with Crippen LogP contribution in [-0.2, 0) is 24.3 Å². The van der Waals surface area contributed by atoms with E-state index in [1.54, 1.807) is 16.2 Å². The van der Waals surface area contributed by atoms with Crippen molar-refractivity contribution >= 4 is 11.6 Å². The molecule has 0 fully saturated rings. The number of nitrogens with two attached hydrogens (primary N) is 2. The molecule has 0 bridgehead atoms. The molecular formula is C30H39N7O5. The Morgan fingerprint density at radius 1 is 1.14 bits per heavy atom. The number of aliphatic hydroxyl groups excluding tert-OH is 1. The number of primary amides is 1. The maximum absolute atomic E-state index is 14.0. The Hall–Kier alpha value is -4.71. The summed E-state index contributed by atoms with van der Waals surface area (Å²) in [6.45, 7) is 9.11. The number of hydrazine groups is 1. The number of carbonyl (C=O) groups is 1. The third kappa shape index (κ3) is 5.98. The second kappa shape index (κ2) is 12.4. The van der Waals surface area contributed by atoms with E-state index in [0.717, 1.165) is 44.2 Å². The molecule has 2 aromatic carbocycles. The zero-order chi connectivity index (χ0) is 30.7.